The molecule has 1 aromatic rings. The van der Waals surface area contributed by atoms with Crippen molar-refractivity contribution < 1.29 is 19.2 Å². The van der Waals surface area contributed by atoms with Crippen molar-refractivity contribution in [2.45, 2.75) is 19.8 Å². The van der Waals surface area contributed by atoms with E-state index in [1.54, 1.807) is 0 Å². The van der Waals surface area contributed by atoms with Gasteiger partial charge in [-0.05, 0) is 12.5 Å². The Kier molecular flexibility index (Phi) is 6.05. The van der Waals surface area contributed by atoms with Crippen LogP contribution in [0, 0.1) is 15.9 Å². The average molecular weight is 284 g/mol. The van der Waals surface area contributed by atoms with Crippen LogP contribution in [0.5, 0.6) is 0 Å². The largest absolute Gasteiger partial charge is 0.395 e. The third-order valence-electron chi connectivity index (χ3n) is 2.83. The van der Waals surface area contributed by atoms with E-state index in [9.17, 15) is 19.3 Å². The second kappa shape index (κ2) is 7.54. The second-order valence-corrected chi connectivity index (χ2v) is 4.29. The van der Waals surface area contributed by atoms with E-state index in [4.69, 9.17) is 5.11 Å². The number of hydrogen-bond acceptors (Lipinski definition) is 4. The minimum atomic E-state index is -0.927. The standard InChI is InChI=1S/C13H17FN2O4/c1-2-3-6-15(7-8-17)13(18)11-5-4-10(16(19)20)9-12(11)14/h4-5,9,17H,2-3,6-8H2,1H3. The van der Waals surface area contributed by atoms with Crippen LogP contribution in [0.3, 0.4) is 0 Å². The lowest BCUT2D eigenvalue weighted by Gasteiger charge is -2.21. The van der Waals surface area contributed by atoms with E-state index in [0.29, 0.717) is 6.54 Å². The van der Waals surface area contributed by atoms with Gasteiger partial charge in [0.15, 0.2) is 0 Å². The topological polar surface area (TPSA) is 83.7 Å². The van der Waals surface area contributed by atoms with Gasteiger partial charge in [-0.25, -0.2) is 4.39 Å². The van der Waals surface area contributed by atoms with Crippen LogP contribution >= 0.6 is 0 Å². The Balaban J connectivity index is 2.96. The van der Waals surface area contributed by atoms with Crippen molar-refractivity contribution in [3.63, 3.8) is 0 Å². The molecule has 1 rings (SSSR count). The number of nitro groups is 1. The van der Waals surface area contributed by atoms with E-state index in [0.717, 1.165) is 31.0 Å². The van der Waals surface area contributed by atoms with Crippen molar-refractivity contribution in [3.8, 4) is 0 Å². The Morgan fingerprint density at radius 2 is 2.15 bits per heavy atom. The van der Waals surface area contributed by atoms with Crippen LogP contribution in [-0.4, -0.2) is 40.5 Å². The fourth-order valence-corrected chi connectivity index (χ4v) is 1.75. The van der Waals surface area contributed by atoms with E-state index < -0.39 is 22.3 Å². The van der Waals surface area contributed by atoms with Crippen LogP contribution in [0.4, 0.5) is 10.1 Å². The van der Waals surface area contributed by atoms with E-state index in [1.165, 1.54) is 4.90 Å². The minimum absolute atomic E-state index is 0.106. The number of carbonyl (C=O) groups is 1. The molecule has 0 spiro atoms. The molecule has 0 bridgehead atoms. The Morgan fingerprint density at radius 3 is 2.65 bits per heavy atom. The fourth-order valence-electron chi connectivity index (χ4n) is 1.75. The summed E-state index contributed by atoms with van der Waals surface area (Å²) in [5, 5.41) is 19.5. The Labute approximate surface area is 116 Å². The van der Waals surface area contributed by atoms with Gasteiger partial charge in [0.05, 0.1) is 23.2 Å². The number of unbranched alkanes of at least 4 members (excludes halogenated alkanes) is 1. The molecule has 0 atom stereocenters. The highest BCUT2D eigenvalue weighted by atomic mass is 19.1. The lowest BCUT2D eigenvalue weighted by atomic mass is 10.1. The van der Waals surface area contributed by atoms with Crippen LogP contribution in [0.15, 0.2) is 18.2 Å². The van der Waals surface area contributed by atoms with Crippen molar-refractivity contribution >= 4 is 11.6 Å². The number of benzene rings is 1. The molecule has 20 heavy (non-hydrogen) atoms. The lowest BCUT2D eigenvalue weighted by Crippen LogP contribution is -2.35. The predicted octanol–water partition coefficient (Wildman–Crippen LogP) is 1.97. The molecular weight excluding hydrogens is 267 g/mol. The van der Waals surface area contributed by atoms with Crippen molar-refractivity contribution in [1.29, 1.82) is 0 Å². The highest BCUT2D eigenvalue weighted by Gasteiger charge is 2.20. The Bertz CT molecular complexity index is 493. The predicted molar refractivity (Wildman–Crippen MR) is 71.0 cm³/mol. The SMILES string of the molecule is CCCCN(CCO)C(=O)c1ccc([N+](=O)[O-])cc1F. The average Bonchev–Trinajstić information content (AvgIpc) is 2.42. The third-order valence-corrected chi connectivity index (χ3v) is 2.83. The number of non-ortho nitro benzene ring substituents is 1. The first-order chi connectivity index (χ1) is 9.51. The van der Waals surface area contributed by atoms with Crippen LogP contribution in [0.2, 0.25) is 0 Å². The van der Waals surface area contributed by atoms with Gasteiger partial charge >= 0.3 is 0 Å². The van der Waals surface area contributed by atoms with Crippen LogP contribution in [-0.2, 0) is 0 Å². The van der Waals surface area contributed by atoms with Crippen molar-refractivity contribution in [2.75, 3.05) is 19.7 Å². The van der Waals surface area contributed by atoms with E-state index in [-0.39, 0.29) is 18.7 Å². The number of nitro benzene ring substituents is 1. The molecule has 7 heteroatoms. The molecule has 1 N–H and O–H groups in total. The molecule has 0 aliphatic carbocycles. The summed E-state index contributed by atoms with van der Waals surface area (Å²) in [5.41, 5.74) is -0.624. The number of rotatable bonds is 7. The molecule has 1 aromatic carbocycles. The van der Waals surface area contributed by atoms with Gasteiger partial charge in [-0.2, -0.15) is 0 Å². The number of aliphatic hydroxyl groups is 1. The van der Waals surface area contributed by atoms with Crippen molar-refractivity contribution in [3.05, 3.63) is 39.7 Å². The molecule has 0 radical (unpaired) electrons. The molecule has 6 nitrogen and oxygen atoms in total. The minimum Gasteiger partial charge on any atom is -0.395 e. The number of nitrogens with zero attached hydrogens (tertiary/aromatic N) is 2. The van der Waals surface area contributed by atoms with Gasteiger partial charge in [-0.3, -0.25) is 14.9 Å². The summed E-state index contributed by atoms with van der Waals surface area (Å²) in [6, 6.07) is 2.92. The summed E-state index contributed by atoms with van der Waals surface area (Å²) >= 11 is 0. The Morgan fingerprint density at radius 1 is 1.45 bits per heavy atom. The van der Waals surface area contributed by atoms with Gasteiger partial charge in [0.25, 0.3) is 11.6 Å². The molecule has 0 aliphatic rings. The molecule has 0 aromatic heterocycles. The van der Waals surface area contributed by atoms with Crippen molar-refractivity contribution in [1.82, 2.24) is 4.90 Å². The van der Waals surface area contributed by atoms with Gasteiger partial charge in [-0.1, -0.05) is 13.3 Å². The summed E-state index contributed by atoms with van der Waals surface area (Å²) in [4.78, 5) is 23.3. The van der Waals surface area contributed by atoms with E-state index in [2.05, 4.69) is 0 Å². The molecule has 110 valence electrons. The first-order valence-corrected chi connectivity index (χ1v) is 6.35. The summed E-state index contributed by atoms with van der Waals surface area (Å²) in [6.45, 7) is 2.25. The number of hydrogen-bond donors (Lipinski definition) is 1. The molecule has 0 heterocycles. The monoisotopic (exact) mass is 284 g/mol. The maximum absolute atomic E-state index is 13.8. The second-order valence-electron chi connectivity index (χ2n) is 4.29. The van der Waals surface area contributed by atoms with Gasteiger partial charge in [0.2, 0.25) is 0 Å². The molecule has 0 saturated heterocycles. The number of amides is 1. The zero-order valence-corrected chi connectivity index (χ0v) is 11.2. The fraction of sp³-hybridized carbons (Fsp3) is 0.462. The number of aliphatic hydroxyl groups excluding tert-OH is 1. The molecule has 0 saturated carbocycles. The molecule has 0 aliphatic heterocycles. The molecule has 0 unspecified atom stereocenters. The maximum atomic E-state index is 13.8. The Hall–Kier alpha value is -2.02. The summed E-state index contributed by atoms with van der Waals surface area (Å²) in [6.07, 6.45) is 1.60. The molecule has 0 fully saturated rings. The summed E-state index contributed by atoms with van der Waals surface area (Å²) in [7, 11) is 0. The first-order valence-electron chi connectivity index (χ1n) is 6.35. The number of carbonyl (C=O) groups excluding carboxylic acids is 1. The summed E-state index contributed by atoms with van der Waals surface area (Å²) in [5.74, 6) is -1.50. The van der Waals surface area contributed by atoms with E-state index >= 15 is 0 Å². The summed E-state index contributed by atoms with van der Waals surface area (Å²) < 4.78 is 13.8. The lowest BCUT2D eigenvalue weighted by molar-refractivity contribution is -0.385. The van der Waals surface area contributed by atoms with Gasteiger partial charge < -0.3 is 10.0 Å². The first kappa shape index (κ1) is 16.0. The number of halogens is 1. The third kappa shape index (κ3) is 3.99. The van der Waals surface area contributed by atoms with Crippen molar-refractivity contribution in [2.24, 2.45) is 0 Å². The highest BCUT2D eigenvalue weighted by Crippen LogP contribution is 2.18. The van der Waals surface area contributed by atoms with Crippen LogP contribution < -0.4 is 0 Å². The smallest absolute Gasteiger partial charge is 0.272 e. The maximum Gasteiger partial charge on any atom is 0.272 e. The zero-order valence-electron chi connectivity index (χ0n) is 11.2. The normalized spacial score (nSPS) is 10.3. The zero-order chi connectivity index (χ0) is 15.1. The molecule has 1 amide bonds. The highest BCUT2D eigenvalue weighted by molar-refractivity contribution is 5.94. The van der Waals surface area contributed by atoms with Crippen LogP contribution in [0.25, 0.3) is 0 Å². The van der Waals surface area contributed by atoms with Gasteiger partial charge in [0, 0.05) is 19.2 Å². The van der Waals surface area contributed by atoms with Crippen LogP contribution in [0.1, 0.15) is 30.1 Å². The molecular formula is C13H17FN2O4. The quantitative estimate of drug-likeness (QED) is 0.613. The van der Waals surface area contributed by atoms with Gasteiger partial charge in [-0.15, -0.1) is 0 Å². The van der Waals surface area contributed by atoms with Gasteiger partial charge in [0.1, 0.15) is 5.82 Å². The van der Waals surface area contributed by atoms with E-state index in [1.807, 2.05) is 6.92 Å².